The summed E-state index contributed by atoms with van der Waals surface area (Å²) in [5.74, 6) is 0. The van der Waals surface area contributed by atoms with Crippen LogP contribution in [0.15, 0.2) is 24.3 Å². The second-order valence-electron chi connectivity index (χ2n) is 3.69. The fourth-order valence-electron chi connectivity index (χ4n) is 1.47. The molecule has 0 N–H and O–H groups in total. The van der Waals surface area contributed by atoms with Crippen LogP contribution in [0.25, 0.3) is 0 Å². The van der Waals surface area contributed by atoms with Crippen molar-refractivity contribution >= 4 is 0 Å². The van der Waals surface area contributed by atoms with Crippen LogP contribution in [-0.2, 0) is 17.3 Å². The number of ether oxygens (including phenoxy) is 1. The Morgan fingerprint density at radius 1 is 1.33 bits per heavy atom. The molecule has 0 aliphatic carbocycles. The van der Waals surface area contributed by atoms with Gasteiger partial charge in [0.2, 0.25) is 0 Å². The third-order valence-electron chi connectivity index (χ3n) is 2.41. The highest BCUT2D eigenvalue weighted by molar-refractivity contribution is 5.25. The number of halogens is 3. The van der Waals surface area contributed by atoms with E-state index in [2.05, 4.69) is 0 Å². The molecule has 0 saturated carbocycles. The van der Waals surface area contributed by atoms with Gasteiger partial charge in [-0.1, -0.05) is 18.2 Å². The predicted octanol–water partition coefficient (Wildman–Crippen LogP) is 3.04. The van der Waals surface area contributed by atoms with Crippen molar-refractivity contribution in [1.29, 1.82) is 0 Å². The third-order valence-corrected chi connectivity index (χ3v) is 2.41. The van der Waals surface area contributed by atoms with Crippen molar-refractivity contribution in [1.82, 2.24) is 0 Å². The Kier molecular flexibility index (Phi) is 2.69. The predicted molar refractivity (Wildman–Crippen MR) is 49.5 cm³/mol. The lowest BCUT2D eigenvalue weighted by atomic mass is 10.1. The molecule has 1 heterocycles. The van der Waals surface area contributed by atoms with Crippen LogP contribution in [0.3, 0.4) is 0 Å². The summed E-state index contributed by atoms with van der Waals surface area (Å²) in [6.07, 6.45) is -2.53. The van der Waals surface area contributed by atoms with Gasteiger partial charge in [0, 0.05) is 0 Å². The maximum absolute atomic E-state index is 12.4. The minimum Gasteiger partial charge on any atom is -0.373 e. The van der Waals surface area contributed by atoms with Crippen LogP contribution in [0.1, 0.15) is 17.5 Å². The highest BCUT2D eigenvalue weighted by Crippen LogP contribution is 2.30. The number of hydrogen-bond acceptors (Lipinski definition) is 1. The van der Waals surface area contributed by atoms with E-state index >= 15 is 0 Å². The molecule has 15 heavy (non-hydrogen) atoms. The lowest BCUT2D eigenvalue weighted by Gasteiger charge is -2.08. The maximum atomic E-state index is 12.4. The average molecular weight is 216 g/mol. The van der Waals surface area contributed by atoms with Crippen LogP contribution < -0.4 is 0 Å². The molecule has 0 aromatic heterocycles. The van der Waals surface area contributed by atoms with Gasteiger partial charge in [0.25, 0.3) is 0 Å². The van der Waals surface area contributed by atoms with Gasteiger partial charge in [0.15, 0.2) is 0 Å². The van der Waals surface area contributed by atoms with Crippen molar-refractivity contribution in [3.05, 3.63) is 35.4 Å². The first kappa shape index (κ1) is 10.5. The molecule has 1 aliphatic rings. The smallest absolute Gasteiger partial charge is 0.373 e. The fraction of sp³-hybridized carbons (Fsp3) is 0.455. The van der Waals surface area contributed by atoms with E-state index in [9.17, 15) is 13.2 Å². The molecule has 0 spiro atoms. The van der Waals surface area contributed by atoms with Gasteiger partial charge in [-0.15, -0.1) is 0 Å². The summed E-state index contributed by atoms with van der Waals surface area (Å²) in [6, 6.07) is 5.48. The molecule has 4 heteroatoms. The Morgan fingerprint density at radius 3 is 2.67 bits per heavy atom. The first-order chi connectivity index (χ1) is 7.05. The van der Waals surface area contributed by atoms with Gasteiger partial charge in [-0.05, 0) is 24.5 Å². The molecule has 1 aliphatic heterocycles. The van der Waals surface area contributed by atoms with Crippen LogP contribution >= 0.6 is 0 Å². The van der Waals surface area contributed by atoms with Crippen molar-refractivity contribution in [3.8, 4) is 0 Å². The zero-order chi connectivity index (χ0) is 10.9. The van der Waals surface area contributed by atoms with E-state index in [0.29, 0.717) is 6.42 Å². The van der Waals surface area contributed by atoms with Gasteiger partial charge < -0.3 is 4.74 Å². The first-order valence-corrected chi connectivity index (χ1v) is 4.83. The summed E-state index contributed by atoms with van der Waals surface area (Å²) < 4.78 is 42.1. The number of aryl methyl sites for hydroxylation is 1. The Labute approximate surface area is 85.9 Å². The van der Waals surface area contributed by atoms with Crippen molar-refractivity contribution in [3.63, 3.8) is 0 Å². The highest BCUT2D eigenvalue weighted by atomic mass is 19.4. The SMILES string of the molecule is FC(F)(F)c1cccc(CCC2CO2)c1. The molecule has 1 unspecified atom stereocenters. The Morgan fingerprint density at radius 2 is 2.07 bits per heavy atom. The number of rotatable bonds is 3. The zero-order valence-electron chi connectivity index (χ0n) is 8.05. The second kappa shape index (κ2) is 3.85. The molecular weight excluding hydrogens is 205 g/mol. The molecule has 1 saturated heterocycles. The summed E-state index contributed by atoms with van der Waals surface area (Å²) in [7, 11) is 0. The third kappa shape index (κ3) is 2.96. The molecule has 82 valence electrons. The first-order valence-electron chi connectivity index (χ1n) is 4.83. The lowest BCUT2D eigenvalue weighted by molar-refractivity contribution is -0.137. The van der Waals surface area contributed by atoms with Crippen LogP contribution in [-0.4, -0.2) is 12.7 Å². The second-order valence-corrected chi connectivity index (χ2v) is 3.69. The fourth-order valence-corrected chi connectivity index (χ4v) is 1.47. The molecule has 1 aromatic carbocycles. The molecule has 1 fully saturated rings. The molecule has 1 aromatic rings. The molecule has 0 bridgehead atoms. The summed E-state index contributed by atoms with van der Waals surface area (Å²) in [4.78, 5) is 0. The number of alkyl halides is 3. The van der Waals surface area contributed by atoms with Crippen molar-refractivity contribution in [2.75, 3.05) is 6.61 Å². The summed E-state index contributed by atoms with van der Waals surface area (Å²) in [5.41, 5.74) is 0.150. The summed E-state index contributed by atoms with van der Waals surface area (Å²) in [6.45, 7) is 0.749. The molecule has 2 rings (SSSR count). The van der Waals surface area contributed by atoms with E-state index < -0.39 is 11.7 Å². The minimum atomic E-state index is -4.24. The monoisotopic (exact) mass is 216 g/mol. The lowest BCUT2D eigenvalue weighted by Crippen LogP contribution is -2.05. The molecular formula is C11H11F3O. The summed E-state index contributed by atoms with van der Waals surface area (Å²) in [5, 5.41) is 0. The zero-order valence-corrected chi connectivity index (χ0v) is 8.05. The number of epoxide rings is 1. The van der Waals surface area contributed by atoms with E-state index in [4.69, 9.17) is 4.74 Å². The normalized spacial score (nSPS) is 20.3. The van der Waals surface area contributed by atoms with Crippen molar-refractivity contribution in [2.45, 2.75) is 25.1 Å². The van der Waals surface area contributed by atoms with Gasteiger partial charge in [0.1, 0.15) is 0 Å². The van der Waals surface area contributed by atoms with Gasteiger partial charge in [0.05, 0.1) is 18.3 Å². The molecule has 0 radical (unpaired) electrons. The Hall–Kier alpha value is -1.03. The largest absolute Gasteiger partial charge is 0.416 e. The van der Waals surface area contributed by atoms with Gasteiger partial charge in [-0.2, -0.15) is 13.2 Å². The quantitative estimate of drug-likeness (QED) is 0.707. The van der Waals surface area contributed by atoms with Gasteiger partial charge in [-0.25, -0.2) is 0 Å². The molecule has 0 amide bonds. The van der Waals surface area contributed by atoms with Crippen molar-refractivity contribution in [2.24, 2.45) is 0 Å². The molecule has 1 nitrogen and oxygen atoms in total. The van der Waals surface area contributed by atoms with Crippen LogP contribution in [0.2, 0.25) is 0 Å². The molecule has 1 atom stereocenters. The van der Waals surface area contributed by atoms with E-state index in [1.807, 2.05) is 0 Å². The minimum absolute atomic E-state index is 0.263. The standard InChI is InChI=1S/C11H11F3O/c12-11(13,14)9-3-1-2-8(6-9)4-5-10-7-15-10/h1-3,6,10H,4-5,7H2. The number of benzene rings is 1. The highest BCUT2D eigenvalue weighted by Gasteiger charge is 2.30. The Balaban J connectivity index is 2.04. The van der Waals surface area contributed by atoms with Crippen LogP contribution in [0, 0.1) is 0 Å². The Bertz CT molecular complexity index is 342. The van der Waals surface area contributed by atoms with Crippen LogP contribution in [0.4, 0.5) is 13.2 Å². The maximum Gasteiger partial charge on any atom is 0.416 e. The average Bonchev–Trinajstić information content (AvgIpc) is 2.97. The van der Waals surface area contributed by atoms with E-state index in [-0.39, 0.29) is 6.10 Å². The topological polar surface area (TPSA) is 12.5 Å². The van der Waals surface area contributed by atoms with Crippen molar-refractivity contribution < 1.29 is 17.9 Å². The van der Waals surface area contributed by atoms with E-state index in [1.54, 1.807) is 6.07 Å². The number of hydrogen-bond donors (Lipinski definition) is 0. The summed E-state index contributed by atoms with van der Waals surface area (Å²) >= 11 is 0. The van der Waals surface area contributed by atoms with Crippen LogP contribution in [0.5, 0.6) is 0 Å². The van der Waals surface area contributed by atoms with Gasteiger partial charge >= 0.3 is 6.18 Å². The van der Waals surface area contributed by atoms with Gasteiger partial charge in [-0.3, -0.25) is 0 Å². The van der Waals surface area contributed by atoms with E-state index in [1.165, 1.54) is 12.1 Å². The van der Waals surface area contributed by atoms with E-state index in [0.717, 1.165) is 24.7 Å².